The van der Waals surface area contributed by atoms with Crippen molar-refractivity contribution in [2.75, 3.05) is 32.8 Å². The van der Waals surface area contributed by atoms with Crippen LogP contribution >= 0.6 is 0 Å². The van der Waals surface area contributed by atoms with Crippen LogP contribution in [0, 0.1) is 6.92 Å². The van der Waals surface area contributed by atoms with Gasteiger partial charge in [0.1, 0.15) is 5.82 Å². The van der Waals surface area contributed by atoms with E-state index in [0.29, 0.717) is 19.1 Å². The first-order valence-electron chi connectivity index (χ1n) is 7.19. The van der Waals surface area contributed by atoms with Crippen LogP contribution in [-0.4, -0.2) is 58.4 Å². The molecule has 1 aromatic rings. The minimum absolute atomic E-state index is 0.483. The van der Waals surface area contributed by atoms with Gasteiger partial charge in [0, 0.05) is 57.0 Å². The molecule has 0 spiro atoms. The Balaban J connectivity index is 1.57. The molecule has 0 radical (unpaired) electrons. The molecule has 0 aliphatic carbocycles. The maximum atomic E-state index is 10.5. The predicted molar refractivity (Wildman–Crippen MR) is 72.1 cm³/mol. The predicted octanol–water partition coefficient (Wildman–Crippen LogP) is 1.05. The number of aryl methyl sites for hydroxylation is 1. The molecule has 19 heavy (non-hydrogen) atoms. The minimum atomic E-state index is -0.549. The summed E-state index contributed by atoms with van der Waals surface area (Å²) in [5, 5.41) is 10.5. The summed E-state index contributed by atoms with van der Waals surface area (Å²) in [6.07, 6.45) is 4.53. The van der Waals surface area contributed by atoms with E-state index in [2.05, 4.69) is 14.9 Å². The third-order valence-electron chi connectivity index (χ3n) is 4.32. The van der Waals surface area contributed by atoms with Gasteiger partial charge in [0.05, 0.1) is 5.60 Å². The molecular formula is C14H23N3O2. The zero-order valence-electron chi connectivity index (χ0n) is 11.6. The van der Waals surface area contributed by atoms with E-state index in [9.17, 15) is 5.11 Å². The Morgan fingerprint density at radius 1 is 1.53 bits per heavy atom. The first-order chi connectivity index (χ1) is 9.15. The molecule has 0 bridgehead atoms. The van der Waals surface area contributed by atoms with Crippen molar-refractivity contribution in [2.24, 2.45) is 0 Å². The van der Waals surface area contributed by atoms with E-state index in [1.807, 2.05) is 13.1 Å². The van der Waals surface area contributed by atoms with Gasteiger partial charge in [-0.2, -0.15) is 0 Å². The Morgan fingerprint density at radius 3 is 3.00 bits per heavy atom. The fourth-order valence-corrected chi connectivity index (χ4v) is 3.17. The van der Waals surface area contributed by atoms with Gasteiger partial charge in [-0.05, 0) is 19.9 Å². The van der Waals surface area contributed by atoms with Crippen molar-refractivity contribution in [3.05, 3.63) is 17.7 Å². The normalized spacial score (nSPS) is 27.8. The van der Waals surface area contributed by atoms with Crippen LogP contribution in [0.25, 0.3) is 0 Å². The van der Waals surface area contributed by atoms with Gasteiger partial charge in [-0.1, -0.05) is 0 Å². The molecule has 1 atom stereocenters. The number of aliphatic hydroxyl groups is 1. The van der Waals surface area contributed by atoms with E-state index in [-0.39, 0.29) is 0 Å². The minimum Gasteiger partial charge on any atom is -0.388 e. The number of rotatable bonds is 3. The molecule has 106 valence electrons. The lowest BCUT2D eigenvalue weighted by atomic mass is 9.94. The van der Waals surface area contributed by atoms with Crippen LogP contribution in [0.4, 0.5) is 0 Å². The van der Waals surface area contributed by atoms with E-state index < -0.39 is 5.60 Å². The number of β-amino-alcohol motifs (C(OH)–C–C–N with tert-alkyl or cyclic N) is 1. The molecule has 5 heteroatoms. The number of hydrogen-bond acceptors (Lipinski definition) is 4. The molecule has 0 amide bonds. The first-order valence-corrected chi connectivity index (χ1v) is 7.19. The summed E-state index contributed by atoms with van der Waals surface area (Å²) in [7, 11) is 0. The number of nitrogens with zero attached hydrogens (tertiary/aromatic N) is 2. The molecule has 2 N–H and O–H groups in total. The second-order valence-corrected chi connectivity index (χ2v) is 6.01. The Kier molecular flexibility index (Phi) is 3.60. The van der Waals surface area contributed by atoms with Crippen molar-refractivity contribution in [3.63, 3.8) is 0 Å². The van der Waals surface area contributed by atoms with Gasteiger partial charge < -0.3 is 14.8 Å². The third kappa shape index (κ3) is 2.99. The van der Waals surface area contributed by atoms with Crippen LogP contribution in [-0.2, 0) is 4.74 Å². The third-order valence-corrected chi connectivity index (χ3v) is 4.32. The zero-order chi connectivity index (χ0) is 13.3. The molecule has 2 fully saturated rings. The Labute approximate surface area is 114 Å². The molecule has 5 nitrogen and oxygen atoms in total. The maximum absolute atomic E-state index is 10.5. The molecule has 2 aliphatic rings. The second kappa shape index (κ2) is 5.23. The van der Waals surface area contributed by atoms with Crippen LogP contribution in [0.1, 0.15) is 36.7 Å². The summed E-state index contributed by atoms with van der Waals surface area (Å²) in [4.78, 5) is 10.1. The highest BCUT2D eigenvalue weighted by Crippen LogP contribution is 2.29. The van der Waals surface area contributed by atoms with Crippen LogP contribution in [0.15, 0.2) is 6.20 Å². The molecule has 3 heterocycles. The van der Waals surface area contributed by atoms with Crippen molar-refractivity contribution in [2.45, 2.75) is 37.7 Å². The quantitative estimate of drug-likeness (QED) is 0.857. The smallest absolute Gasteiger partial charge is 0.110 e. The molecular weight excluding hydrogens is 242 g/mol. The molecule has 2 aliphatic heterocycles. The first kappa shape index (κ1) is 13.1. The number of ether oxygens (including phenoxy) is 1. The lowest BCUT2D eigenvalue weighted by molar-refractivity contribution is -0.0773. The van der Waals surface area contributed by atoms with Crippen molar-refractivity contribution < 1.29 is 9.84 Å². The number of H-pyrrole nitrogens is 1. The summed E-state index contributed by atoms with van der Waals surface area (Å²) in [6.45, 7) is 6.22. The summed E-state index contributed by atoms with van der Waals surface area (Å²) >= 11 is 0. The van der Waals surface area contributed by atoms with Crippen LogP contribution in [0.3, 0.4) is 0 Å². The fourth-order valence-electron chi connectivity index (χ4n) is 3.17. The summed E-state index contributed by atoms with van der Waals surface area (Å²) < 4.78 is 5.33. The lowest BCUT2D eigenvalue weighted by Gasteiger charge is -2.35. The Morgan fingerprint density at radius 2 is 2.32 bits per heavy atom. The average molecular weight is 265 g/mol. The van der Waals surface area contributed by atoms with Crippen molar-refractivity contribution in [1.82, 2.24) is 14.9 Å². The molecule has 2 saturated heterocycles. The molecule has 0 aromatic carbocycles. The van der Waals surface area contributed by atoms with Crippen LogP contribution < -0.4 is 0 Å². The molecule has 1 unspecified atom stereocenters. The van der Waals surface area contributed by atoms with E-state index in [1.165, 1.54) is 0 Å². The SMILES string of the molecule is Cc1cnc(C2CCN(CC3(O)CCOCC3)C2)[nH]1. The van der Waals surface area contributed by atoms with Crippen LogP contribution in [0.2, 0.25) is 0 Å². The fraction of sp³-hybridized carbons (Fsp3) is 0.786. The standard InChI is InChI=1S/C14H23N3O2/c1-11-8-15-13(16-11)12-2-5-17(9-12)10-14(18)3-6-19-7-4-14/h8,12,18H,2-7,9-10H2,1H3,(H,15,16). The number of nitrogens with one attached hydrogen (secondary N) is 1. The zero-order valence-corrected chi connectivity index (χ0v) is 11.6. The Bertz CT molecular complexity index is 426. The Hall–Kier alpha value is -0.910. The number of aromatic amines is 1. The molecule has 0 saturated carbocycles. The van der Waals surface area contributed by atoms with E-state index >= 15 is 0 Å². The van der Waals surface area contributed by atoms with E-state index in [0.717, 1.165) is 50.4 Å². The van der Waals surface area contributed by atoms with Crippen molar-refractivity contribution in [3.8, 4) is 0 Å². The van der Waals surface area contributed by atoms with Crippen molar-refractivity contribution in [1.29, 1.82) is 0 Å². The summed E-state index contributed by atoms with van der Waals surface area (Å²) in [5.41, 5.74) is 0.572. The second-order valence-electron chi connectivity index (χ2n) is 6.01. The summed E-state index contributed by atoms with van der Waals surface area (Å²) in [5.74, 6) is 1.58. The molecule has 3 rings (SSSR count). The van der Waals surface area contributed by atoms with Gasteiger partial charge in [-0.3, -0.25) is 4.90 Å². The van der Waals surface area contributed by atoms with E-state index in [1.54, 1.807) is 0 Å². The topological polar surface area (TPSA) is 61.4 Å². The maximum Gasteiger partial charge on any atom is 0.110 e. The number of imidazole rings is 1. The van der Waals surface area contributed by atoms with Crippen molar-refractivity contribution >= 4 is 0 Å². The number of likely N-dealkylation sites (tertiary alicyclic amines) is 1. The van der Waals surface area contributed by atoms with Gasteiger partial charge in [-0.15, -0.1) is 0 Å². The highest BCUT2D eigenvalue weighted by atomic mass is 16.5. The largest absolute Gasteiger partial charge is 0.388 e. The highest BCUT2D eigenvalue weighted by Gasteiger charge is 2.35. The van der Waals surface area contributed by atoms with Gasteiger partial charge >= 0.3 is 0 Å². The summed E-state index contributed by atoms with van der Waals surface area (Å²) in [6, 6.07) is 0. The monoisotopic (exact) mass is 265 g/mol. The van der Waals surface area contributed by atoms with Gasteiger partial charge in [-0.25, -0.2) is 4.98 Å². The van der Waals surface area contributed by atoms with Gasteiger partial charge in [0.2, 0.25) is 0 Å². The average Bonchev–Trinajstić information content (AvgIpc) is 2.98. The van der Waals surface area contributed by atoms with Crippen LogP contribution in [0.5, 0.6) is 0 Å². The highest BCUT2D eigenvalue weighted by molar-refractivity contribution is 5.07. The van der Waals surface area contributed by atoms with Gasteiger partial charge in [0.15, 0.2) is 0 Å². The molecule has 1 aromatic heterocycles. The number of aromatic nitrogens is 2. The number of hydrogen-bond donors (Lipinski definition) is 2. The lowest BCUT2D eigenvalue weighted by Crippen LogP contribution is -2.46. The van der Waals surface area contributed by atoms with Gasteiger partial charge in [0.25, 0.3) is 0 Å². The van der Waals surface area contributed by atoms with E-state index in [4.69, 9.17) is 4.74 Å².